The van der Waals surface area contributed by atoms with Gasteiger partial charge in [0.25, 0.3) is 0 Å². The van der Waals surface area contributed by atoms with Crippen molar-refractivity contribution in [1.29, 1.82) is 0 Å². The summed E-state index contributed by atoms with van der Waals surface area (Å²) < 4.78 is 0. The normalized spacial score (nSPS) is 17.4. The Hall–Kier alpha value is -2.29. The van der Waals surface area contributed by atoms with Crippen LogP contribution in [0, 0.1) is 6.92 Å². The predicted molar refractivity (Wildman–Crippen MR) is 94.2 cm³/mol. The van der Waals surface area contributed by atoms with Gasteiger partial charge in [0.15, 0.2) is 0 Å². The van der Waals surface area contributed by atoms with Crippen molar-refractivity contribution < 1.29 is 4.79 Å². The van der Waals surface area contributed by atoms with E-state index in [9.17, 15) is 4.79 Å². The highest BCUT2D eigenvalue weighted by atomic mass is 16.2. The summed E-state index contributed by atoms with van der Waals surface area (Å²) in [7, 11) is 0. The topological polar surface area (TPSA) is 46.3 Å². The first-order valence-corrected chi connectivity index (χ1v) is 8.31. The van der Waals surface area contributed by atoms with Crippen molar-refractivity contribution in [2.45, 2.75) is 38.6 Å². The molecule has 0 bridgehead atoms. The summed E-state index contributed by atoms with van der Waals surface area (Å²) in [6, 6.07) is 16.6. The van der Waals surface area contributed by atoms with Gasteiger partial charge in [0.2, 0.25) is 5.91 Å². The van der Waals surface area contributed by atoms with Crippen LogP contribution in [0.2, 0.25) is 0 Å². The van der Waals surface area contributed by atoms with E-state index >= 15 is 0 Å². The van der Waals surface area contributed by atoms with E-state index in [2.05, 4.69) is 36.1 Å². The van der Waals surface area contributed by atoms with Gasteiger partial charge in [0, 0.05) is 18.3 Å². The average molecular weight is 308 g/mol. The molecule has 0 spiro atoms. The number of carbonyl (C=O) groups is 1. The second-order valence-corrected chi connectivity index (χ2v) is 6.49. The molecule has 1 atom stereocenters. The van der Waals surface area contributed by atoms with Gasteiger partial charge < -0.3 is 10.6 Å². The molecule has 2 aromatic rings. The van der Waals surface area contributed by atoms with Gasteiger partial charge in [0.1, 0.15) is 0 Å². The summed E-state index contributed by atoms with van der Waals surface area (Å²) in [6.45, 7) is 2.98. The fourth-order valence-corrected chi connectivity index (χ4v) is 3.28. The van der Waals surface area contributed by atoms with Crippen LogP contribution in [0.15, 0.2) is 48.5 Å². The van der Waals surface area contributed by atoms with Crippen molar-refractivity contribution in [1.82, 2.24) is 4.90 Å². The highest BCUT2D eigenvalue weighted by Crippen LogP contribution is 2.22. The summed E-state index contributed by atoms with van der Waals surface area (Å²) in [5.74, 6) is 0.226. The fourth-order valence-electron chi connectivity index (χ4n) is 3.28. The molecule has 3 rings (SSSR count). The van der Waals surface area contributed by atoms with Gasteiger partial charge in [-0.1, -0.05) is 42.0 Å². The minimum atomic E-state index is 0.226. The molecule has 0 aromatic heterocycles. The van der Waals surface area contributed by atoms with Crippen molar-refractivity contribution in [3.8, 4) is 0 Å². The lowest BCUT2D eigenvalue weighted by Gasteiger charge is -2.25. The van der Waals surface area contributed by atoms with Crippen LogP contribution in [0.5, 0.6) is 0 Å². The van der Waals surface area contributed by atoms with Crippen molar-refractivity contribution in [2.75, 3.05) is 12.3 Å². The maximum atomic E-state index is 12.6. The van der Waals surface area contributed by atoms with Crippen molar-refractivity contribution in [3.63, 3.8) is 0 Å². The molecule has 1 fully saturated rings. The van der Waals surface area contributed by atoms with Gasteiger partial charge in [-0.2, -0.15) is 0 Å². The third-order valence-corrected chi connectivity index (χ3v) is 4.62. The quantitative estimate of drug-likeness (QED) is 0.880. The van der Waals surface area contributed by atoms with Crippen molar-refractivity contribution in [3.05, 3.63) is 65.2 Å². The first-order valence-electron chi connectivity index (χ1n) is 8.31. The lowest BCUT2D eigenvalue weighted by Crippen LogP contribution is -2.37. The van der Waals surface area contributed by atoms with Gasteiger partial charge >= 0.3 is 0 Å². The molecular weight excluding hydrogens is 284 g/mol. The number of nitrogens with zero attached hydrogens (tertiary/aromatic N) is 1. The van der Waals surface area contributed by atoms with Gasteiger partial charge in [-0.15, -0.1) is 0 Å². The fraction of sp³-hybridized carbons (Fsp3) is 0.350. The molecular formula is C20H24N2O. The van der Waals surface area contributed by atoms with Gasteiger partial charge in [-0.05, 0) is 49.4 Å². The Morgan fingerprint density at radius 1 is 1.09 bits per heavy atom. The average Bonchev–Trinajstić information content (AvgIpc) is 3.00. The SMILES string of the molecule is Cc1ccc(CC2CCCN2C(=O)Cc2ccc(N)cc2)cc1. The number of nitrogens with two attached hydrogens (primary N) is 1. The molecule has 1 unspecified atom stereocenters. The molecule has 0 saturated carbocycles. The van der Waals surface area contributed by atoms with Gasteiger partial charge in [0.05, 0.1) is 6.42 Å². The number of amides is 1. The molecule has 120 valence electrons. The van der Waals surface area contributed by atoms with Crippen LogP contribution in [-0.2, 0) is 17.6 Å². The third kappa shape index (κ3) is 3.92. The molecule has 2 N–H and O–H groups in total. The maximum Gasteiger partial charge on any atom is 0.227 e. The largest absolute Gasteiger partial charge is 0.399 e. The molecule has 1 amide bonds. The van der Waals surface area contributed by atoms with E-state index in [4.69, 9.17) is 5.73 Å². The minimum absolute atomic E-state index is 0.226. The summed E-state index contributed by atoms with van der Waals surface area (Å²) in [6.07, 6.45) is 3.61. The van der Waals surface area contributed by atoms with E-state index in [0.29, 0.717) is 12.5 Å². The summed E-state index contributed by atoms with van der Waals surface area (Å²) in [5.41, 5.74) is 10.1. The van der Waals surface area contributed by atoms with E-state index in [1.807, 2.05) is 24.3 Å². The van der Waals surface area contributed by atoms with E-state index in [1.165, 1.54) is 11.1 Å². The van der Waals surface area contributed by atoms with E-state index in [1.54, 1.807) is 0 Å². The number of hydrogen-bond acceptors (Lipinski definition) is 2. The first kappa shape index (κ1) is 15.6. The standard InChI is InChI=1S/C20H24N2O/c1-15-4-6-16(7-5-15)13-19-3-2-12-22(19)20(23)14-17-8-10-18(21)11-9-17/h4-11,19H,2-3,12-14,21H2,1H3. The molecule has 1 aliphatic heterocycles. The van der Waals surface area contributed by atoms with Crippen LogP contribution in [0.3, 0.4) is 0 Å². The number of rotatable bonds is 4. The van der Waals surface area contributed by atoms with Gasteiger partial charge in [-0.3, -0.25) is 4.79 Å². The van der Waals surface area contributed by atoms with Crippen molar-refractivity contribution >= 4 is 11.6 Å². The Morgan fingerprint density at radius 2 is 1.74 bits per heavy atom. The van der Waals surface area contributed by atoms with Crippen molar-refractivity contribution in [2.24, 2.45) is 0 Å². The Morgan fingerprint density at radius 3 is 2.43 bits per heavy atom. The van der Waals surface area contributed by atoms with Crippen LogP contribution in [-0.4, -0.2) is 23.4 Å². The van der Waals surface area contributed by atoms with Crippen LogP contribution >= 0.6 is 0 Å². The Bertz CT molecular complexity index is 661. The highest BCUT2D eigenvalue weighted by Gasteiger charge is 2.28. The van der Waals surface area contributed by atoms with Crippen LogP contribution in [0.25, 0.3) is 0 Å². The smallest absolute Gasteiger partial charge is 0.227 e. The summed E-state index contributed by atoms with van der Waals surface area (Å²) >= 11 is 0. The van der Waals surface area contributed by atoms with Gasteiger partial charge in [-0.25, -0.2) is 0 Å². The number of nitrogen functional groups attached to an aromatic ring is 1. The summed E-state index contributed by atoms with van der Waals surface area (Å²) in [5, 5.41) is 0. The molecule has 3 heteroatoms. The number of carbonyl (C=O) groups excluding carboxylic acids is 1. The molecule has 1 aliphatic rings. The maximum absolute atomic E-state index is 12.6. The Balaban J connectivity index is 1.64. The molecule has 1 saturated heterocycles. The van der Waals surface area contributed by atoms with E-state index in [-0.39, 0.29) is 5.91 Å². The monoisotopic (exact) mass is 308 g/mol. The third-order valence-electron chi connectivity index (χ3n) is 4.62. The highest BCUT2D eigenvalue weighted by molar-refractivity contribution is 5.79. The minimum Gasteiger partial charge on any atom is -0.399 e. The Labute approximate surface area is 138 Å². The molecule has 3 nitrogen and oxygen atoms in total. The molecule has 23 heavy (non-hydrogen) atoms. The number of anilines is 1. The van der Waals surface area contributed by atoms with Crippen LogP contribution in [0.1, 0.15) is 29.5 Å². The number of benzene rings is 2. The predicted octanol–water partition coefficient (Wildman–Crippen LogP) is 3.35. The lowest BCUT2D eigenvalue weighted by molar-refractivity contribution is -0.131. The summed E-state index contributed by atoms with van der Waals surface area (Å²) in [4.78, 5) is 14.7. The second-order valence-electron chi connectivity index (χ2n) is 6.49. The lowest BCUT2D eigenvalue weighted by atomic mass is 10.0. The van der Waals surface area contributed by atoms with E-state index < -0.39 is 0 Å². The van der Waals surface area contributed by atoms with Crippen LogP contribution < -0.4 is 5.73 Å². The van der Waals surface area contributed by atoms with E-state index in [0.717, 1.165) is 37.1 Å². The second kappa shape index (κ2) is 6.86. The molecule has 2 aromatic carbocycles. The zero-order valence-corrected chi connectivity index (χ0v) is 13.7. The zero-order valence-electron chi connectivity index (χ0n) is 13.7. The molecule has 0 radical (unpaired) electrons. The molecule has 0 aliphatic carbocycles. The first-order chi connectivity index (χ1) is 11.1. The number of likely N-dealkylation sites (tertiary alicyclic amines) is 1. The molecule has 1 heterocycles. The van der Waals surface area contributed by atoms with Crippen LogP contribution in [0.4, 0.5) is 5.69 Å². The number of hydrogen-bond donors (Lipinski definition) is 1. The Kier molecular flexibility index (Phi) is 4.65. The zero-order chi connectivity index (χ0) is 16.2. The number of aryl methyl sites for hydroxylation is 1.